The molecule has 0 spiro atoms. The number of amides is 1. The van der Waals surface area contributed by atoms with Crippen LogP contribution >= 0.6 is 0 Å². The van der Waals surface area contributed by atoms with Crippen LogP contribution in [0.1, 0.15) is 37.1 Å². The lowest BCUT2D eigenvalue weighted by Gasteiger charge is -2.32. The lowest BCUT2D eigenvalue weighted by atomic mass is 9.95. The second kappa shape index (κ2) is 7.43. The summed E-state index contributed by atoms with van der Waals surface area (Å²) in [6.07, 6.45) is 1.70. The van der Waals surface area contributed by atoms with Crippen molar-refractivity contribution < 1.29 is 4.79 Å². The van der Waals surface area contributed by atoms with Gasteiger partial charge in [-0.1, -0.05) is 30.3 Å². The molecule has 1 saturated heterocycles. The van der Waals surface area contributed by atoms with Crippen molar-refractivity contribution in [2.45, 2.75) is 32.7 Å². The SMILES string of the molecule is Cc1ccc(N2CCC(C(=O)N[C@H](C)c3ccccc3)CC2)nn1. The Morgan fingerprint density at radius 3 is 2.46 bits per heavy atom. The first kappa shape index (κ1) is 16.4. The minimum atomic E-state index is 0.0414. The van der Waals surface area contributed by atoms with Crippen LogP contribution < -0.4 is 10.2 Å². The summed E-state index contributed by atoms with van der Waals surface area (Å²) in [5.41, 5.74) is 2.06. The molecule has 0 aliphatic carbocycles. The van der Waals surface area contributed by atoms with Gasteiger partial charge in [-0.05, 0) is 44.4 Å². The predicted molar refractivity (Wildman–Crippen MR) is 94.7 cm³/mol. The maximum Gasteiger partial charge on any atom is 0.223 e. The summed E-state index contributed by atoms with van der Waals surface area (Å²) in [7, 11) is 0. The van der Waals surface area contributed by atoms with Crippen LogP contribution in [-0.4, -0.2) is 29.2 Å². The lowest BCUT2D eigenvalue weighted by Crippen LogP contribution is -2.41. The normalized spacial score (nSPS) is 16.7. The third-order valence-corrected chi connectivity index (χ3v) is 4.63. The van der Waals surface area contributed by atoms with Crippen molar-refractivity contribution in [1.29, 1.82) is 0 Å². The number of piperidine rings is 1. The fourth-order valence-electron chi connectivity index (χ4n) is 3.09. The minimum absolute atomic E-state index is 0.0414. The molecule has 1 fully saturated rings. The van der Waals surface area contributed by atoms with E-state index in [4.69, 9.17) is 0 Å². The number of nitrogens with one attached hydrogen (secondary N) is 1. The Labute approximate surface area is 143 Å². The zero-order valence-electron chi connectivity index (χ0n) is 14.3. The Hall–Kier alpha value is -2.43. The van der Waals surface area contributed by atoms with E-state index in [9.17, 15) is 4.79 Å². The van der Waals surface area contributed by atoms with Gasteiger partial charge in [-0.25, -0.2) is 0 Å². The van der Waals surface area contributed by atoms with Crippen molar-refractivity contribution >= 4 is 11.7 Å². The highest BCUT2D eigenvalue weighted by molar-refractivity contribution is 5.79. The molecule has 1 N–H and O–H groups in total. The van der Waals surface area contributed by atoms with Crippen LogP contribution in [0.5, 0.6) is 0 Å². The van der Waals surface area contributed by atoms with Gasteiger partial charge in [0.1, 0.15) is 0 Å². The molecule has 24 heavy (non-hydrogen) atoms. The first-order chi connectivity index (χ1) is 11.6. The fourth-order valence-corrected chi connectivity index (χ4v) is 3.09. The van der Waals surface area contributed by atoms with Crippen LogP contribution in [0.3, 0.4) is 0 Å². The quantitative estimate of drug-likeness (QED) is 0.939. The standard InChI is InChI=1S/C19H24N4O/c1-14-8-9-18(22-21-14)23-12-10-17(11-13-23)19(24)20-15(2)16-6-4-3-5-7-16/h3-9,15,17H,10-13H2,1-2H3,(H,20,24)/t15-/m1/s1. The van der Waals surface area contributed by atoms with Crippen LogP contribution in [0.2, 0.25) is 0 Å². The monoisotopic (exact) mass is 324 g/mol. The molecular formula is C19H24N4O. The van der Waals surface area contributed by atoms with Crippen LogP contribution in [0.25, 0.3) is 0 Å². The van der Waals surface area contributed by atoms with E-state index < -0.39 is 0 Å². The maximum absolute atomic E-state index is 12.5. The van der Waals surface area contributed by atoms with Crippen molar-refractivity contribution in [3.63, 3.8) is 0 Å². The molecule has 0 saturated carbocycles. The van der Waals surface area contributed by atoms with E-state index in [1.165, 1.54) is 0 Å². The summed E-state index contributed by atoms with van der Waals surface area (Å²) in [5, 5.41) is 11.5. The Kier molecular flexibility index (Phi) is 5.08. The van der Waals surface area contributed by atoms with E-state index in [-0.39, 0.29) is 17.9 Å². The highest BCUT2D eigenvalue weighted by Crippen LogP contribution is 2.22. The molecule has 5 heteroatoms. The van der Waals surface area contributed by atoms with Gasteiger partial charge in [0, 0.05) is 19.0 Å². The minimum Gasteiger partial charge on any atom is -0.355 e. The second-order valence-corrected chi connectivity index (χ2v) is 6.44. The number of hydrogen-bond donors (Lipinski definition) is 1. The summed E-state index contributed by atoms with van der Waals surface area (Å²) < 4.78 is 0. The molecule has 1 atom stereocenters. The Balaban J connectivity index is 1.52. The van der Waals surface area contributed by atoms with E-state index in [0.29, 0.717) is 0 Å². The number of carbonyl (C=O) groups excluding carboxylic acids is 1. The first-order valence-corrected chi connectivity index (χ1v) is 8.54. The highest BCUT2D eigenvalue weighted by Gasteiger charge is 2.26. The zero-order chi connectivity index (χ0) is 16.9. The highest BCUT2D eigenvalue weighted by atomic mass is 16.1. The van der Waals surface area contributed by atoms with E-state index in [0.717, 1.165) is 43.0 Å². The average molecular weight is 324 g/mol. The molecule has 0 bridgehead atoms. The Morgan fingerprint density at radius 1 is 1.12 bits per heavy atom. The van der Waals surface area contributed by atoms with Crippen molar-refractivity contribution in [3.05, 3.63) is 53.7 Å². The molecule has 1 aliphatic rings. The number of aromatic nitrogens is 2. The second-order valence-electron chi connectivity index (χ2n) is 6.44. The molecule has 1 aromatic heterocycles. The summed E-state index contributed by atoms with van der Waals surface area (Å²) in [4.78, 5) is 14.7. The van der Waals surface area contributed by atoms with E-state index >= 15 is 0 Å². The molecule has 2 heterocycles. The molecule has 126 valence electrons. The molecule has 2 aromatic rings. The van der Waals surface area contributed by atoms with Crippen molar-refractivity contribution in [2.24, 2.45) is 5.92 Å². The van der Waals surface area contributed by atoms with Gasteiger partial charge >= 0.3 is 0 Å². The van der Waals surface area contributed by atoms with E-state index in [1.807, 2.05) is 56.3 Å². The summed E-state index contributed by atoms with van der Waals surface area (Å²) in [5.74, 6) is 1.13. The maximum atomic E-state index is 12.5. The number of hydrogen-bond acceptors (Lipinski definition) is 4. The third kappa shape index (κ3) is 3.91. The summed E-state index contributed by atoms with van der Waals surface area (Å²) >= 11 is 0. The summed E-state index contributed by atoms with van der Waals surface area (Å²) in [6, 6.07) is 14.1. The van der Waals surface area contributed by atoms with Crippen molar-refractivity contribution in [2.75, 3.05) is 18.0 Å². The molecule has 1 aromatic carbocycles. The topological polar surface area (TPSA) is 58.1 Å². The van der Waals surface area contributed by atoms with Crippen molar-refractivity contribution in [1.82, 2.24) is 15.5 Å². The van der Waals surface area contributed by atoms with Gasteiger partial charge in [0.2, 0.25) is 5.91 Å². The zero-order valence-corrected chi connectivity index (χ0v) is 14.3. The molecule has 1 amide bonds. The van der Waals surface area contributed by atoms with Gasteiger partial charge < -0.3 is 10.2 Å². The molecule has 1 aliphatic heterocycles. The van der Waals surface area contributed by atoms with Gasteiger partial charge in [0.15, 0.2) is 5.82 Å². The van der Waals surface area contributed by atoms with Gasteiger partial charge in [-0.2, -0.15) is 5.10 Å². The van der Waals surface area contributed by atoms with Crippen LogP contribution in [0.4, 0.5) is 5.82 Å². The van der Waals surface area contributed by atoms with Crippen LogP contribution in [0, 0.1) is 12.8 Å². The molecule has 3 rings (SSSR count). The Bertz CT molecular complexity index is 664. The number of nitrogens with zero attached hydrogens (tertiary/aromatic N) is 3. The van der Waals surface area contributed by atoms with Gasteiger partial charge in [-0.3, -0.25) is 4.79 Å². The molecular weight excluding hydrogens is 300 g/mol. The molecule has 5 nitrogen and oxygen atoms in total. The average Bonchev–Trinajstić information content (AvgIpc) is 2.63. The van der Waals surface area contributed by atoms with E-state index in [2.05, 4.69) is 20.4 Å². The molecule has 0 unspecified atom stereocenters. The van der Waals surface area contributed by atoms with E-state index in [1.54, 1.807) is 0 Å². The van der Waals surface area contributed by atoms with Crippen molar-refractivity contribution in [3.8, 4) is 0 Å². The predicted octanol–water partition coefficient (Wildman–Crippen LogP) is 2.88. The lowest BCUT2D eigenvalue weighted by molar-refractivity contribution is -0.126. The smallest absolute Gasteiger partial charge is 0.223 e. The fraction of sp³-hybridized carbons (Fsp3) is 0.421. The number of anilines is 1. The first-order valence-electron chi connectivity index (χ1n) is 8.54. The Morgan fingerprint density at radius 2 is 1.83 bits per heavy atom. The van der Waals surface area contributed by atoms with Gasteiger partial charge in [0.05, 0.1) is 11.7 Å². The number of aryl methyl sites for hydroxylation is 1. The number of benzene rings is 1. The third-order valence-electron chi connectivity index (χ3n) is 4.63. The molecule has 0 radical (unpaired) electrons. The van der Waals surface area contributed by atoms with Gasteiger partial charge in [0.25, 0.3) is 0 Å². The van der Waals surface area contributed by atoms with Gasteiger partial charge in [-0.15, -0.1) is 5.10 Å². The summed E-state index contributed by atoms with van der Waals surface area (Å²) in [6.45, 7) is 5.65. The van der Waals surface area contributed by atoms with Crippen LogP contribution in [0.15, 0.2) is 42.5 Å². The number of rotatable bonds is 4. The number of carbonyl (C=O) groups is 1. The largest absolute Gasteiger partial charge is 0.355 e. The van der Waals surface area contributed by atoms with Crippen LogP contribution in [-0.2, 0) is 4.79 Å².